The van der Waals surface area contributed by atoms with Gasteiger partial charge in [0.25, 0.3) is 0 Å². The van der Waals surface area contributed by atoms with Crippen molar-refractivity contribution in [1.82, 2.24) is 0 Å². The van der Waals surface area contributed by atoms with Crippen LogP contribution in [0.25, 0.3) is 0 Å². The summed E-state index contributed by atoms with van der Waals surface area (Å²) in [5.74, 6) is -2.52. The maximum absolute atomic E-state index is 13.1. The van der Waals surface area contributed by atoms with E-state index < -0.39 is 97.5 Å². The molecule has 0 spiro atoms. The van der Waals surface area contributed by atoms with Crippen molar-refractivity contribution in [3.8, 4) is 0 Å². The molecule has 0 amide bonds. The summed E-state index contributed by atoms with van der Waals surface area (Å²) in [7, 11) is -10.0. The van der Waals surface area contributed by atoms with Gasteiger partial charge < -0.3 is 33.8 Å². The van der Waals surface area contributed by atoms with Crippen LogP contribution in [0, 0.1) is 0 Å². The second-order valence-corrected chi connectivity index (χ2v) is 27.0. The van der Waals surface area contributed by atoms with Crippen molar-refractivity contribution in [2.45, 2.75) is 277 Å². The van der Waals surface area contributed by atoms with Gasteiger partial charge in [0, 0.05) is 12.8 Å². The third-order valence-electron chi connectivity index (χ3n) is 14.7. The van der Waals surface area contributed by atoms with E-state index in [-0.39, 0.29) is 25.7 Å². The van der Waals surface area contributed by atoms with E-state index in [2.05, 4.69) is 149 Å². The molecule has 0 rings (SSSR count). The standard InChI is InChI=1S/C81H130O17P2/c1-5-9-13-17-21-25-29-33-37-41-45-49-53-57-61-65-78(83)91-71-76(97-80(85)67-63-59-55-51-47-43-39-35-31-27-23-19-15-11-7-3)73-95-99(87,88)93-69-75(82)70-94-100(89,90)96-74-77(98-81(86)68-64-60-56-52-48-44-40-36-32-28-24-20-16-12-8-4)72-92-79(84)66-62-58-54-50-46-42-38-34-30-26-22-18-14-10-6-2/h9-11,13-15,21-23,25-27,33-40,45,47,49,51,57,59,61,63,75-77,82H,5-8,12,16-20,24,28-32,41-44,46,48,50,52-56,58,60,62,64-74H2,1-4H3,(H,87,88)(H,89,90)/b13-9-,14-10-,15-11-,25-21-,26-22-,27-23-,37-33-,38-34-,39-35-,40-36-,49-45-,51-47-,61-57-,63-59-. The lowest BCUT2D eigenvalue weighted by Crippen LogP contribution is -2.30. The Morgan fingerprint density at radius 1 is 0.300 bits per heavy atom. The number of esters is 4. The Hall–Kier alpha value is -5.58. The number of allylic oxidation sites excluding steroid dienone is 26. The van der Waals surface area contributed by atoms with Gasteiger partial charge in [-0.2, -0.15) is 0 Å². The number of carbonyl (C=O) groups excluding carboxylic acids is 4. The lowest BCUT2D eigenvalue weighted by Gasteiger charge is -2.21. The molecule has 3 N–H and O–H groups in total. The maximum Gasteiger partial charge on any atom is 0.472 e. The van der Waals surface area contributed by atoms with Crippen molar-refractivity contribution in [2.24, 2.45) is 0 Å². The van der Waals surface area contributed by atoms with Gasteiger partial charge in [-0.05, 0) is 135 Å². The first-order valence-corrected chi connectivity index (χ1v) is 40.4. The molecule has 100 heavy (non-hydrogen) atoms. The lowest BCUT2D eigenvalue weighted by molar-refractivity contribution is -0.161. The summed E-state index contributed by atoms with van der Waals surface area (Å²) in [5.41, 5.74) is 0. The number of aliphatic hydroxyl groups excluding tert-OH is 1. The number of carbonyl (C=O) groups is 4. The largest absolute Gasteiger partial charge is 0.472 e. The molecule has 5 atom stereocenters. The molecule has 17 nitrogen and oxygen atoms in total. The number of hydrogen-bond acceptors (Lipinski definition) is 15. The van der Waals surface area contributed by atoms with E-state index in [0.29, 0.717) is 25.7 Å². The summed E-state index contributed by atoms with van der Waals surface area (Å²) < 4.78 is 68.1. The van der Waals surface area contributed by atoms with Crippen molar-refractivity contribution in [1.29, 1.82) is 0 Å². The van der Waals surface area contributed by atoms with Crippen LogP contribution >= 0.6 is 15.6 Å². The van der Waals surface area contributed by atoms with E-state index in [1.54, 1.807) is 18.2 Å². The van der Waals surface area contributed by atoms with E-state index in [1.165, 1.54) is 38.5 Å². The molecule has 0 aliphatic rings. The zero-order valence-corrected chi connectivity index (χ0v) is 63.3. The molecule has 0 aromatic carbocycles. The van der Waals surface area contributed by atoms with Gasteiger partial charge in [-0.15, -0.1) is 0 Å². The molecule has 0 aliphatic heterocycles. The zero-order chi connectivity index (χ0) is 73.2. The fraction of sp³-hybridized carbons (Fsp3) is 0.605. The molecule has 0 bridgehead atoms. The predicted molar refractivity (Wildman–Crippen MR) is 408 cm³/mol. The minimum Gasteiger partial charge on any atom is -0.462 e. The quantitative estimate of drug-likeness (QED) is 0.0169. The monoisotopic (exact) mass is 1440 g/mol. The molecular formula is C81H130O17P2. The van der Waals surface area contributed by atoms with Crippen molar-refractivity contribution in [3.63, 3.8) is 0 Å². The minimum atomic E-state index is -5.03. The van der Waals surface area contributed by atoms with Crippen LogP contribution < -0.4 is 0 Å². The van der Waals surface area contributed by atoms with Crippen LogP contribution in [0.5, 0.6) is 0 Å². The van der Waals surface area contributed by atoms with E-state index in [1.807, 2.05) is 30.4 Å². The molecule has 5 unspecified atom stereocenters. The van der Waals surface area contributed by atoms with E-state index in [4.69, 9.17) is 37.0 Å². The summed E-state index contributed by atoms with van der Waals surface area (Å²) in [4.78, 5) is 72.7. The van der Waals surface area contributed by atoms with E-state index >= 15 is 0 Å². The Kier molecular flexibility index (Phi) is 67.8. The first kappa shape index (κ1) is 94.4. The van der Waals surface area contributed by atoms with Gasteiger partial charge in [-0.3, -0.25) is 37.3 Å². The van der Waals surface area contributed by atoms with Crippen molar-refractivity contribution in [2.75, 3.05) is 39.6 Å². The molecule has 19 heteroatoms. The molecule has 0 aliphatic carbocycles. The molecule has 0 saturated heterocycles. The second kappa shape index (κ2) is 71.8. The molecule has 0 aromatic heterocycles. The minimum absolute atomic E-state index is 0.0712. The van der Waals surface area contributed by atoms with Crippen LogP contribution in [-0.4, -0.2) is 96.7 Å². The summed E-state index contributed by atoms with van der Waals surface area (Å²) >= 11 is 0. The van der Waals surface area contributed by atoms with Crippen molar-refractivity contribution in [3.05, 3.63) is 170 Å². The van der Waals surface area contributed by atoms with Gasteiger partial charge >= 0.3 is 39.5 Å². The summed E-state index contributed by atoms with van der Waals surface area (Å²) in [6, 6.07) is 0. The summed E-state index contributed by atoms with van der Waals surface area (Å²) in [5, 5.41) is 10.6. The third kappa shape index (κ3) is 70.8. The highest BCUT2D eigenvalue weighted by Crippen LogP contribution is 2.45. The Balaban J connectivity index is 5.53. The molecule has 0 radical (unpaired) electrons. The number of hydrogen-bond donors (Lipinski definition) is 3. The number of phosphoric acid groups is 2. The molecule has 0 aromatic rings. The van der Waals surface area contributed by atoms with Gasteiger partial charge in [-0.25, -0.2) is 9.13 Å². The number of ether oxygens (including phenoxy) is 4. The number of aliphatic hydroxyl groups is 1. The normalized spacial score (nSPS) is 14.9. The predicted octanol–water partition coefficient (Wildman–Crippen LogP) is 21.4. The molecule has 0 fully saturated rings. The first-order valence-electron chi connectivity index (χ1n) is 37.4. The number of phosphoric ester groups is 2. The van der Waals surface area contributed by atoms with Crippen molar-refractivity contribution >= 4 is 39.5 Å². The molecule has 0 saturated carbocycles. The third-order valence-corrected chi connectivity index (χ3v) is 16.6. The van der Waals surface area contributed by atoms with Gasteiger partial charge in [-0.1, -0.05) is 268 Å². The van der Waals surface area contributed by atoms with Gasteiger partial charge in [0.2, 0.25) is 0 Å². The Labute approximate surface area is 603 Å². The summed E-state index contributed by atoms with van der Waals surface area (Å²) in [6.07, 6.45) is 84.1. The Bertz CT molecular complexity index is 2570. The fourth-order valence-corrected chi connectivity index (χ4v) is 10.7. The van der Waals surface area contributed by atoms with Crippen molar-refractivity contribution < 1.29 is 80.2 Å². The van der Waals surface area contributed by atoms with Crippen LogP contribution in [0.15, 0.2) is 170 Å². The number of unbranched alkanes of at least 4 members (excludes halogenated alkanes) is 16. The van der Waals surface area contributed by atoms with Gasteiger partial charge in [0.1, 0.15) is 19.3 Å². The van der Waals surface area contributed by atoms with Gasteiger partial charge in [0.05, 0.1) is 39.3 Å². The highest BCUT2D eigenvalue weighted by atomic mass is 31.2. The number of rotatable bonds is 68. The summed E-state index contributed by atoms with van der Waals surface area (Å²) in [6.45, 7) is 4.23. The van der Waals surface area contributed by atoms with E-state index in [9.17, 15) is 43.2 Å². The Morgan fingerprint density at radius 3 is 0.940 bits per heavy atom. The van der Waals surface area contributed by atoms with Crippen LogP contribution in [0.4, 0.5) is 0 Å². The topological polar surface area (TPSA) is 237 Å². The van der Waals surface area contributed by atoms with Crippen LogP contribution in [0.3, 0.4) is 0 Å². The first-order chi connectivity index (χ1) is 48.7. The van der Waals surface area contributed by atoms with Crippen LogP contribution in [0.2, 0.25) is 0 Å². The van der Waals surface area contributed by atoms with E-state index in [0.717, 1.165) is 141 Å². The zero-order valence-electron chi connectivity index (χ0n) is 61.5. The highest BCUT2D eigenvalue weighted by Gasteiger charge is 2.30. The maximum atomic E-state index is 13.1. The average molecular weight is 1440 g/mol. The SMILES string of the molecule is CC/C=C\C/C=C\C/C=C\C/C=C\C/C=C\CC(=O)OCC(COP(=O)(O)OCC(O)COP(=O)(O)OCC(COC(=O)CCCCCCC/C=C\C/C=C\C/C=C\CC)OC(=O)CCCCCCC/C=C\CCCCCCCC)OC(=O)C/C=C\C/C=C\C/C=C\C/C=C\C/C=C\CC. The smallest absolute Gasteiger partial charge is 0.462 e. The molecule has 0 heterocycles. The van der Waals surface area contributed by atoms with Crippen LogP contribution in [-0.2, 0) is 65.4 Å². The fourth-order valence-electron chi connectivity index (χ4n) is 9.14. The molecule has 566 valence electrons. The highest BCUT2D eigenvalue weighted by molar-refractivity contribution is 7.47. The molecular weight excluding hydrogens is 1310 g/mol. The Morgan fingerprint density at radius 2 is 0.570 bits per heavy atom. The second-order valence-electron chi connectivity index (χ2n) is 24.1. The lowest BCUT2D eigenvalue weighted by atomic mass is 10.1. The van der Waals surface area contributed by atoms with Gasteiger partial charge in [0.15, 0.2) is 12.2 Å². The van der Waals surface area contributed by atoms with Crippen LogP contribution in [0.1, 0.15) is 259 Å². The average Bonchev–Trinajstić information content (AvgIpc) is 1.01.